The van der Waals surface area contributed by atoms with Crippen molar-refractivity contribution in [3.8, 4) is 11.5 Å². The Kier molecular flexibility index (Phi) is 6.81. The first-order valence-corrected chi connectivity index (χ1v) is 9.84. The fourth-order valence-electron chi connectivity index (χ4n) is 2.35. The summed E-state index contributed by atoms with van der Waals surface area (Å²) in [7, 11) is 0.696. The van der Waals surface area contributed by atoms with Gasteiger partial charge in [-0.2, -0.15) is 0 Å². The average molecular weight is 392 g/mol. The number of hydrogen-bond acceptors (Lipinski definition) is 5. The van der Waals surface area contributed by atoms with Crippen LogP contribution in [-0.4, -0.2) is 46.4 Å². The molecule has 7 nitrogen and oxygen atoms in total. The normalized spacial score (nSPS) is 11.3. The topological polar surface area (TPSA) is 84.9 Å². The van der Waals surface area contributed by atoms with Crippen molar-refractivity contribution in [3.05, 3.63) is 48.0 Å². The molecule has 0 aromatic heterocycles. The number of amides is 1. The molecule has 0 bridgehead atoms. The maximum Gasteiger partial charge on any atom is 0.262 e. The number of nitrogens with zero attached hydrogens (tertiary/aromatic N) is 1. The Morgan fingerprint density at radius 2 is 1.89 bits per heavy atom. The minimum atomic E-state index is -3.63. The largest absolute Gasteiger partial charge is 0.495 e. The van der Waals surface area contributed by atoms with Gasteiger partial charge < -0.3 is 14.8 Å². The smallest absolute Gasteiger partial charge is 0.262 e. The van der Waals surface area contributed by atoms with Gasteiger partial charge in [0.1, 0.15) is 11.5 Å². The second-order valence-corrected chi connectivity index (χ2v) is 8.14. The molecule has 0 atom stereocenters. The second kappa shape index (κ2) is 8.88. The minimum Gasteiger partial charge on any atom is -0.495 e. The molecule has 0 unspecified atom stereocenters. The first-order chi connectivity index (χ1) is 12.8. The number of benzene rings is 2. The summed E-state index contributed by atoms with van der Waals surface area (Å²) < 4.78 is 36.4. The highest BCUT2D eigenvalue weighted by atomic mass is 32.2. The molecule has 146 valence electrons. The Morgan fingerprint density at radius 1 is 1.15 bits per heavy atom. The maximum atomic E-state index is 12.3. The zero-order valence-electron chi connectivity index (χ0n) is 15.9. The molecule has 2 aromatic rings. The van der Waals surface area contributed by atoms with Crippen molar-refractivity contribution >= 4 is 21.6 Å². The minimum absolute atomic E-state index is 0.0557. The number of anilines is 1. The van der Waals surface area contributed by atoms with Gasteiger partial charge in [-0.25, -0.2) is 12.7 Å². The number of sulfonamides is 1. The van der Waals surface area contributed by atoms with Crippen LogP contribution in [0.2, 0.25) is 0 Å². The van der Waals surface area contributed by atoms with E-state index < -0.39 is 15.9 Å². The van der Waals surface area contributed by atoms with Crippen molar-refractivity contribution in [3.63, 3.8) is 0 Å². The van der Waals surface area contributed by atoms with Gasteiger partial charge in [-0.05, 0) is 42.3 Å². The van der Waals surface area contributed by atoms with E-state index >= 15 is 0 Å². The Bertz CT molecular complexity index is 910. The highest BCUT2D eigenvalue weighted by Crippen LogP contribution is 2.28. The van der Waals surface area contributed by atoms with Gasteiger partial charge in [-0.3, -0.25) is 4.79 Å². The van der Waals surface area contributed by atoms with Crippen molar-refractivity contribution in [2.45, 2.75) is 18.2 Å². The van der Waals surface area contributed by atoms with E-state index in [2.05, 4.69) is 5.32 Å². The molecule has 27 heavy (non-hydrogen) atoms. The highest BCUT2D eigenvalue weighted by Gasteiger charge is 2.20. The van der Waals surface area contributed by atoms with Crippen molar-refractivity contribution in [1.82, 2.24) is 4.31 Å². The maximum absolute atomic E-state index is 12.3. The number of rotatable bonds is 8. The summed E-state index contributed by atoms with van der Waals surface area (Å²) in [6.07, 6.45) is 0.869. The van der Waals surface area contributed by atoms with E-state index in [1.54, 1.807) is 6.07 Å². The van der Waals surface area contributed by atoms with Crippen LogP contribution in [0.1, 0.15) is 12.5 Å². The standard InChI is InChI=1S/C19H24N2O5S/c1-5-14-7-6-8-15(11-14)26-13-19(22)20-17-12-16(9-10-18(17)25-4)27(23,24)21(2)3/h6-12H,5,13H2,1-4H3,(H,20,22). The quantitative estimate of drug-likeness (QED) is 0.746. The van der Waals surface area contributed by atoms with Crippen LogP contribution in [0.15, 0.2) is 47.4 Å². The van der Waals surface area contributed by atoms with E-state index in [1.807, 2.05) is 25.1 Å². The Morgan fingerprint density at radius 3 is 2.52 bits per heavy atom. The van der Waals surface area contributed by atoms with E-state index in [9.17, 15) is 13.2 Å². The van der Waals surface area contributed by atoms with Crippen LogP contribution in [0.5, 0.6) is 11.5 Å². The lowest BCUT2D eigenvalue weighted by Crippen LogP contribution is -2.23. The molecule has 2 aromatic carbocycles. The van der Waals surface area contributed by atoms with Crippen LogP contribution in [0, 0.1) is 0 Å². The molecule has 0 aliphatic rings. The van der Waals surface area contributed by atoms with Gasteiger partial charge in [0.05, 0.1) is 17.7 Å². The number of carbonyl (C=O) groups excluding carboxylic acids is 1. The number of nitrogens with one attached hydrogen (secondary N) is 1. The summed E-state index contributed by atoms with van der Waals surface area (Å²) in [5.74, 6) is 0.532. The Labute approximate surface area is 160 Å². The molecule has 1 N–H and O–H groups in total. The fourth-order valence-corrected chi connectivity index (χ4v) is 3.27. The van der Waals surface area contributed by atoms with E-state index in [0.717, 1.165) is 16.3 Å². The van der Waals surface area contributed by atoms with Gasteiger partial charge in [-0.15, -0.1) is 0 Å². The molecule has 2 rings (SSSR count). The summed E-state index contributed by atoms with van der Waals surface area (Å²) in [6.45, 7) is 1.83. The van der Waals surface area contributed by atoms with Gasteiger partial charge in [0.2, 0.25) is 10.0 Å². The number of carbonyl (C=O) groups is 1. The first-order valence-electron chi connectivity index (χ1n) is 8.40. The molecule has 8 heteroatoms. The number of ether oxygens (including phenoxy) is 2. The van der Waals surface area contributed by atoms with Crippen molar-refractivity contribution < 1.29 is 22.7 Å². The third-order valence-electron chi connectivity index (χ3n) is 3.90. The third kappa shape index (κ3) is 5.21. The van der Waals surface area contributed by atoms with Gasteiger partial charge in [0, 0.05) is 14.1 Å². The number of methoxy groups -OCH3 is 1. The molecule has 0 heterocycles. The Hall–Kier alpha value is -2.58. The van der Waals surface area contributed by atoms with Crippen LogP contribution >= 0.6 is 0 Å². The molecule has 0 fully saturated rings. The van der Waals surface area contributed by atoms with Crippen LogP contribution in [0.3, 0.4) is 0 Å². The fraction of sp³-hybridized carbons (Fsp3) is 0.316. The summed E-state index contributed by atoms with van der Waals surface area (Å²) in [5, 5.41) is 2.64. The van der Waals surface area contributed by atoms with Crippen molar-refractivity contribution in [2.75, 3.05) is 33.1 Å². The average Bonchev–Trinajstić information content (AvgIpc) is 2.66. The van der Waals surface area contributed by atoms with Gasteiger partial charge in [0.15, 0.2) is 6.61 Å². The van der Waals surface area contributed by atoms with Gasteiger partial charge in [-0.1, -0.05) is 19.1 Å². The number of hydrogen-bond donors (Lipinski definition) is 1. The first kappa shape index (κ1) is 20.7. The van der Waals surface area contributed by atoms with Crippen LogP contribution in [-0.2, 0) is 21.2 Å². The van der Waals surface area contributed by atoms with E-state index in [1.165, 1.54) is 39.4 Å². The van der Waals surface area contributed by atoms with Crippen molar-refractivity contribution in [1.29, 1.82) is 0 Å². The monoisotopic (exact) mass is 392 g/mol. The van der Waals surface area contributed by atoms with Gasteiger partial charge in [0.25, 0.3) is 5.91 Å². The molecule has 0 radical (unpaired) electrons. The third-order valence-corrected chi connectivity index (χ3v) is 5.71. The van der Waals surface area contributed by atoms with Crippen LogP contribution < -0.4 is 14.8 Å². The SMILES string of the molecule is CCc1cccc(OCC(=O)Nc2cc(S(=O)(=O)N(C)C)ccc2OC)c1. The predicted octanol–water partition coefficient (Wildman–Crippen LogP) is 2.53. The van der Waals surface area contributed by atoms with Crippen LogP contribution in [0.25, 0.3) is 0 Å². The summed E-state index contributed by atoms with van der Waals surface area (Å²) >= 11 is 0. The zero-order valence-corrected chi connectivity index (χ0v) is 16.7. The van der Waals surface area contributed by atoms with Gasteiger partial charge >= 0.3 is 0 Å². The molecule has 0 aliphatic heterocycles. The van der Waals surface area contributed by atoms with Crippen LogP contribution in [0.4, 0.5) is 5.69 Å². The Balaban J connectivity index is 2.14. The lowest BCUT2D eigenvalue weighted by Gasteiger charge is -2.15. The molecule has 1 amide bonds. The lowest BCUT2D eigenvalue weighted by atomic mass is 10.2. The molecular formula is C19H24N2O5S. The van der Waals surface area contributed by atoms with E-state index in [0.29, 0.717) is 11.5 Å². The predicted molar refractivity (Wildman–Crippen MR) is 104 cm³/mol. The molecule has 0 saturated carbocycles. The molecular weight excluding hydrogens is 368 g/mol. The second-order valence-electron chi connectivity index (χ2n) is 5.99. The molecule has 0 aliphatic carbocycles. The van der Waals surface area contributed by atoms with E-state index in [4.69, 9.17) is 9.47 Å². The lowest BCUT2D eigenvalue weighted by molar-refractivity contribution is -0.118. The summed E-state index contributed by atoms with van der Waals surface area (Å²) in [5.41, 5.74) is 1.37. The van der Waals surface area contributed by atoms with Crippen molar-refractivity contribution in [2.24, 2.45) is 0 Å². The summed E-state index contributed by atoms with van der Waals surface area (Å²) in [6, 6.07) is 11.8. The molecule has 0 spiro atoms. The zero-order chi connectivity index (χ0) is 20.0. The molecule has 0 saturated heterocycles. The highest BCUT2D eigenvalue weighted by molar-refractivity contribution is 7.89. The van der Waals surface area contributed by atoms with E-state index in [-0.39, 0.29) is 17.2 Å². The summed E-state index contributed by atoms with van der Waals surface area (Å²) in [4.78, 5) is 12.3. The number of aryl methyl sites for hydroxylation is 1.